The maximum absolute atomic E-state index is 12.8. The Bertz CT molecular complexity index is 916. The first-order valence-electron chi connectivity index (χ1n) is 11.0. The molecular formula is C22H32N4O8S2. The maximum Gasteiger partial charge on any atom is 0.326 e. The van der Waals surface area contributed by atoms with Gasteiger partial charge in [-0.3, -0.25) is 19.2 Å². The summed E-state index contributed by atoms with van der Waals surface area (Å²) in [5.41, 5.74) is 6.36. The summed E-state index contributed by atoms with van der Waals surface area (Å²) in [6.07, 6.45) is 1.43. The van der Waals surface area contributed by atoms with Crippen molar-refractivity contribution < 1.29 is 39.3 Å². The van der Waals surface area contributed by atoms with Crippen LogP contribution in [0.3, 0.4) is 0 Å². The van der Waals surface area contributed by atoms with E-state index in [1.165, 1.54) is 36.0 Å². The molecule has 200 valence electrons. The number of carbonyl (C=O) groups excluding carboxylic acids is 3. The molecule has 4 atom stereocenters. The lowest BCUT2D eigenvalue weighted by Gasteiger charge is -2.24. The van der Waals surface area contributed by atoms with Gasteiger partial charge in [-0.1, -0.05) is 12.1 Å². The quantitative estimate of drug-likeness (QED) is 0.123. The first kappa shape index (κ1) is 31.1. The second-order valence-corrected chi connectivity index (χ2v) is 9.25. The van der Waals surface area contributed by atoms with E-state index in [1.807, 2.05) is 6.26 Å². The first-order chi connectivity index (χ1) is 17.0. The Morgan fingerprint density at radius 1 is 0.917 bits per heavy atom. The first-order valence-corrected chi connectivity index (χ1v) is 13.0. The molecule has 0 spiro atoms. The van der Waals surface area contributed by atoms with E-state index in [4.69, 9.17) is 10.8 Å². The predicted molar refractivity (Wildman–Crippen MR) is 137 cm³/mol. The molecule has 36 heavy (non-hydrogen) atoms. The Balaban J connectivity index is 2.88. The van der Waals surface area contributed by atoms with Gasteiger partial charge >= 0.3 is 11.9 Å². The lowest BCUT2D eigenvalue weighted by Crippen LogP contribution is -2.58. The summed E-state index contributed by atoms with van der Waals surface area (Å²) in [6, 6.07) is 0.991. The molecule has 3 amide bonds. The van der Waals surface area contributed by atoms with Crippen molar-refractivity contribution in [3.8, 4) is 5.75 Å². The number of thiol groups is 1. The van der Waals surface area contributed by atoms with Crippen LogP contribution in [0.15, 0.2) is 24.3 Å². The van der Waals surface area contributed by atoms with Crippen LogP contribution in [0.2, 0.25) is 0 Å². The van der Waals surface area contributed by atoms with Crippen molar-refractivity contribution in [1.29, 1.82) is 0 Å². The fourth-order valence-corrected chi connectivity index (χ4v) is 3.74. The third-order valence-corrected chi connectivity index (χ3v) is 6.07. The van der Waals surface area contributed by atoms with E-state index in [0.717, 1.165) is 0 Å². The molecule has 1 aromatic carbocycles. The average molecular weight is 545 g/mol. The smallest absolute Gasteiger partial charge is 0.326 e. The van der Waals surface area contributed by atoms with Crippen LogP contribution >= 0.6 is 24.4 Å². The molecule has 8 N–H and O–H groups in total. The van der Waals surface area contributed by atoms with Crippen LogP contribution in [-0.2, 0) is 30.4 Å². The van der Waals surface area contributed by atoms with Gasteiger partial charge in [-0.05, 0) is 42.5 Å². The molecule has 0 aliphatic rings. The third kappa shape index (κ3) is 11.2. The minimum Gasteiger partial charge on any atom is -0.508 e. The molecule has 0 aliphatic heterocycles. The molecule has 12 nitrogen and oxygen atoms in total. The Morgan fingerprint density at radius 3 is 2.00 bits per heavy atom. The Morgan fingerprint density at radius 2 is 1.47 bits per heavy atom. The number of benzene rings is 1. The SMILES string of the molecule is CSCCC(N)C(=O)NC(CCC(=O)O)C(=O)NC(CS)C(=O)NC(Cc1ccc(O)cc1)C(=O)O. The number of phenolic OH excluding ortho intramolecular Hbond substituents is 1. The lowest BCUT2D eigenvalue weighted by molar-refractivity contribution is -0.142. The lowest BCUT2D eigenvalue weighted by atomic mass is 10.1. The monoisotopic (exact) mass is 544 g/mol. The normalized spacial score (nSPS) is 14.1. The highest BCUT2D eigenvalue weighted by atomic mass is 32.2. The molecule has 0 bridgehead atoms. The van der Waals surface area contributed by atoms with Crippen molar-refractivity contribution in [2.24, 2.45) is 5.73 Å². The van der Waals surface area contributed by atoms with Crippen LogP contribution in [0, 0.1) is 0 Å². The van der Waals surface area contributed by atoms with E-state index in [9.17, 15) is 34.2 Å². The molecule has 0 heterocycles. The standard InChI is InChI=1S/C22H32N4O8S2/c1-36-9-8-14(23)19(30)24-15(6-7-18(28)29)20(31)26-17(11-35)21(32)25-16(22(33)34)10-12-2-4-13(27)5-3-12/h2-5,14-17,27,35H,6-11,23H2,1H3,(H,24,30)(H,25,32)(H,26,31)(H,28,29)(H,33,34). The molecule has 0 saturated heterocycles. The van der Waals surface area contributed by atoms with Crippen LogP contribution in [0.5, 0.6) is 5.75 Å². The molecule has 0 saturated carbocycles. The second-order valence-electron chi connectivity index (χ2n) is 7.90. The van der Waals surface area contributed by atoms with Gasteiger partial charge in [-0.25, -0.2) is 4.79 Å². The summed E-state index contributed by atoms with van der Waals surface area (Å²) in [6.45, 7) is 0. The highest BCUT2D eigenvalue weighted by Crippen LogP contribution is 2.12. The summed E-state index contributed by atoms with van der Waals surface area (Å²) in [5.74, 6) is -4.38. The average Bonchev–Trinajstić information content (AvgIpc) is 2.83. The van der Waals surface area contributed by atoms with Crippen molar-refractivity contribution >= 4 is 54.1 Å². The molecule has 0 aliphatic carbocycles. The van der Waals surface area contributed by atoms with Gasteiger partial charge in [-0.15, -0.1) is 0 Å². The summed E-state index contributed by atoms with van der Waals surface area (Å²) < 4.78 is 0. The minimum atomic E-state index is -1.33. The fourth-order valence-electron chi connectivity index (χ4n) is 3.00. The Hall–Kier alpha value is -2.97. The number of thioether (sulfide) groups is 1. The largest absolute Gasteiger partial charge is 0.508 e. The number of carboxylic acids is 2. The fraction of sp³-hybridized carbons (Fsp3) is 0.500. The number of amides is 3. The molecule has 0 radical (unpaired) electrons. The zero-order valence-corrected chi connectivity index (χ0v) is 21.4. The number of rotatable bonds is 16. The van der Waals surface area contributed by atoms with Gasteiger partial charge in [0.25, 0.3) is 0 Å². The van der Waals surface area contributed by atoms with E-state index in [0.29, 0.717) is 17.7 Å². The van der Waals surface area contributed by atoms with E-state index in [-0.39, 0.29) is 24.3 Å². The van der Waals surface area contributed by atoms with Crippen LogP contribution in [-0.4, -0.2) is 86.9 Å². The second kappa shape index (κ2) is 15.9. The van der Waals surface area contributed by atoms with Crippen LogP contribution in [0.25, 0.3) is 0 Å². The van der Waals surface area contributed by atoms with Crippen molar-refractivity contribution in [3.63, 3.8) is 0 Å². The van der Waals surface area contributed by atoms with Crippen molar-refractivity contribution in [2.45, 2.75) is 49.9 Å². The maximum atomic E-state index is 12.8. The van der Waals surface area contributed by atoms with E-state index < -0.39 is 60.2 Å². The summed E-state index contributed by atoms with van der Waals surface area (Å²) in [4.78, 5) is 60.6. The number of nitrogens with two attached hydrogens (primary N) is 1. The van der Waals surface area contributed by atoms with Gasteiger partial charge in [-0.2, -0.15) is 24.4 Å². The molecular weight excluding hydrogens is 512 g/mol. The Kier molecular flexibility index (Phi) is 13.7. The van der Waals surface area contributed by atoms with E-state index in [2.05, 4.69) is 28.6 Å². The van der Waals surface area contributed by atoms with E-state index in [1.54, 1.807) is 0 Å². The number of hydrogen-bond donors (Lipinski definition) is 8. The Labute approximate surface area is 218 Å². The summed E-state index contributed by atoms with van der Waals surface area (Å²) in [7, 11) is 0. The third-order valence-electron chi connectivity index (χ3n) is 5.06. The zero-order valence-electron chi connectivity index (χ0n) is 19.7. The number of phenols is 1. The van der Waals surface area contributed by atoms with Gasteiger partial charge < -0.3 is 37.0 Å². The number of hydrogen-bond acceptors (Lipinski definition) is 9. The molecule has 0 aromatic heterocycles. The number of nitrogens with one attached hydrogen (secondary N) is 3. The van der Waals surface area contributed by atoms with Gasteiger partial charge in [0.1, 0.15) is 23.9 Å². The van der Waals surface area contributed by atoms with Crippen molar-refractivity contribution in [3.05, 3.63) is 29.8 Å². The van der Waals surface area contributed by atoms with Gasteiger partial charge in [0.2, 0.25) is 17.7 Å². The number of aliphatic carboxylic acids is 2. The summed E-state index contributed by atoms with van der Waals surface area (Å²) in [5, 5.41) is 35.0. The highest BCUT2D eigenvalue weighted by molar-refractivity contribution is 7.98. The van der Waals surface area contributed by atoms with Crippen molar-refractivity contribution in [2.75, 3.05) is 17.8 Å². The molecule has 1 rings (SSSR count). The van der Waals surface area contributed by atoms with Gasteiger partial charge in [0, 0.05) is 18.6 Å². The number of carboxylic acid groups (broad SMARTS) is 2. The van der Waals surface area contributed by atoms with Crippen LogP contribution in [0.4, 0.5) is 0 Å². The van der Waals surface area contributed by atoms with Crippen LogP contribution in [0.1, 0.15) is 24.8 Å². The van der Waals surface area contributed by atoms with Crippen LogP contribution < -0.4 is 21.7 Å². The summed E-state index contributed by atoms with van der Waals surface area (Å²) >= 11 is 5.54. The minimum absolute atomic E-state index is 0.00210. The van der Waals surface area contributed by atoms with Gasteiger partial charge in [0.05, 0.1) is 6.04 Å². The highest BCUT2D eigenvalue weighted by Gasteiger charge is 2.30. The number of carbonyl (C=O) groups is 5. The van der Waals surface area contributed by atoms with Crippen molar-refractivity contribution in [1.82, 2.24) is 16.0 Å². The van der Waals surface area contributed by atoms with Gasteiger partial charge in [0.15, 0.2) is 0 Å². The molecule has 14 heteroatoms. The number of aromatic hydroxyl groups is 1. The predicted octanol–water partition coefficient (Wildman–Crippen LogP) is -0.651. The topological polar surface area (TPSA) is 208 Å². The molecule has 1 aromatic rings. The zero-order chi connectivity index (χ0) is 27.3. The molecule has 0 fully saturated rings. The van der Waals surface area contributed by atoms with E-state index >= 15 is 0 Å². The molecule has 4 unspecified atom stereocenters.